The molecule has 0 atom stereocenters. The molecule has 1 aliphatic carbocycles. The zero-order valence-corrected chi connectivity index (χ0v) is 8.31. The van der Waals surface area contributed by atoms with Gasteiger partial charge in [0.2, 0.25) is 5.91 Å². The molecule has 1 rings (SSSR count). The van der Waals surface area contributed by atoms with Crippen molar-refractivity contribution in [2.45, 2.75) is 32.1 Å². The van der Waals surface area contributed by atoms with Crippen LogP contribution in [0, 0.1) is 11.3 Å². The van der Waals surface area contributed by atoms with Crippen LogP contribution < -0.4 is 16.4 Å². The number of nitrogens with two attached hydrogens (primary N) is 1. The molecule has 1 saturated carbocycles. The average Bonchev–Trinajstić information content (AvgIpc) is 2.18. The monoisotopic (exact) mass is 198 g/mol. The molecule has 5 nitrogen and oxygen atoms in total. The lowest BCUT2D eigenvalue weighted by molar-refractivity contribution is -0.125. The van der Waals surface area contributed by atoms with Gasteiger partial charge in [0.25, 0.3) is 0 Å². The lowest BCUT2D eigenvalue weighted by atomic mass is 9.89. The highest BCUT2D eigenvalue weighted by Gasteiger charge is 2.20. The Morgan fingerprint density at radius 3 is 2.50 bits per heavy atom. The Labute approximate surface area is 83.9 Å². The molecule has 0 bridgehead atoms. The summed E-state index contributed by atoms with van der Waals surface area (Å²) in [6.07, 6.45) is 5.53. The van der Waals surface area contributed by atoms with E-state index in [0.29, 0.717) is 0 Å². The van der Waals surface area contributed by atoms with Crippen LogP contribution in [-0.4, -0.2) is 18.5 Å². The molecule has 0 aromatic heterocycles. The van der Waals surface area contributed by atoms with Crippen LogP contribution in [0.3, 0.4) is 0 Å². The van der Waals surface area contributed by atoms with Crippen LogP contribution in [0.2, 0.25) is 0 Å². The fraction of sp³-hybridized carbons (Fsp3) is 0.778. The fourth-order valence-electron chi connectivity index (χ4n) is 1.74. The smallest absolute Gasteiger partial charge is 0.224 e. The zero-order valence-electron chi connectivity index (χ0n) is 8.31. The van der Waals surface area contributed by atoms with Crippen LogP contribution in [0.5, 0.6) is 0 Å². The summed E-state index contributed by atoms with van der Waals surface area (Å²) in [6.45, 7) is 0.255. The topological polar surface area (TPSA) is 91.0 Å². The Bertz CT molecular complexity index is 211. The summed E-state index contributed by atoms with van der Waals surface area (Å²) >= 11 is 0. The number of carbonyl (C=O) groups excluding carboxylic acids is 1. The molecule has 5 heteroatoms. The van der Waals surface area contributed by atoms with Crippen LogP contribution >= 0.6 is 0 Å². The van der Waals surface area contributed by atoms with Gasteiger partial charge in [0, 0.05) is 5.92 Å². The van der Waals surface area contributed by atoms with Gasteiger partial charge in [0.1, 0.15) is 0 Å². The maximum Gasteiger partial charge on any atom is 0.224 e. The molecule has 0 aliphatic heterocycles. The quantitative estimate of drug-likeness (QED) is 0.295. The Balaban J connectivity index is 2.16. The first-order valence-corrected chi connectivity index (χ1v) is 5.06. The third-order valence-corrected chi connectivity index (χ3v) is 2.52. The molecule has 1 fully saturated rings. The van der Waals surface area contributed by atoms with Gasteiger partial charge in [-0.1, -0.05) is 19.3 Å². The summed E-state index contributed by atoms with van der Waals surface area (Å²) in [5.74, 6) is 0.130. The van der Waals surface area contributed by atoms with Gasteiger partial charge in [0.15, 0.2) is 5.96 Å². The summed E-state index contributed by atoms with van der Waals surface area (Å²) in [5.41, 5.74) is 5.08. The van der Waals surface area contributed by atoms with Crippen molar-refractivity contribution in [3.8, 4) is 0 Å². The summed E-state index contributed by atoms with van der Waals surface area (Å²) in [7, 11) is 0. The average molecular weight is 198 g/mol. The highest BCUT2D eigenvalue weighted by Crippen LogP contribution is 2.23. The van der Waals surface area contributed by atoms with E-state index in [1.807, 2.05) is 0 Å². The van der Waals surface area contributed by atoms with E-state index in [2.05, 4.69) is 10.6 Å². The standard InChI is InChI=1S/C9H18N4O/c10-9(11)13-6-12-8(14)7-4-2-1-3-5-7/h7H,1-6H2,(H,12,14)(H4,10,11,13). The summed E-state index contributed by atoms with van der Waals surface area (Å²) in [4.78, 5) is 11.5. The molecule has 1 amide bonds. The van der Waals surface area contributed by atoms with Crippen LogP contribution in [0.4, 0.5) is 0 Å². The van der Waals surface area contributed by atoms with E-state index < -0.39 is 0 Å². The van der Waals surface area contributed by atoms with E-state index >= 15 is 0 Å². The van der Waals surface area contributed by atoms with Gasteiger partial charge in [-0.05, 0) is 12.8 Å². The molecular weight excluding hydrogens is 180 g/mol. The number of nitrogens with one attached hydrogen (secondary N) is 3. The second-order valence-corrected chi connectivity index (χ2v) is 3.64. The van der Waals surface area contributed by atoms with Crippen molar-refractivity contribution in [1.29, 1.82) is 5.41 Å². The first kappa shape index (κ1) is 10.8. The zero-order chi connectivity index (χ0) is 10.4. The molecule has 0 aromatic rings. The van der Waals surface area contributed by atoms with Crippen molar-refractivity contribution < 1.29 is 4.79 Å². The minimum atomic E-state index is -0.117. The van der Waals surface area contributed by atoms with E-state index in [9.17, 15) is 4.79 Å². The van der Waals surface area contributed by atoms with Gasteiger partial charge >= 0.3 is 0 Å². The molecule has 0 saturated heterocycles. The predicted octanol–water partition coefficient (Wildman–Crippen LogP) is 0.123. The second kappa shape index (κ2) is 5.47. The molecular formula is C9H18N4O. The number of rotatable bonds is 3. The third kappa shape index (κ3) is 3.64. The van der Waals surface area contributed by atoms with Crippen molar-refractivity contribution in [3.63, 3.8) is 0 Å². The molecule has 0 heterocycles. The molecule has 14 heavy (non-hydrogen) atoms. The van der Waals surface area contributed by atoms with E-state index in [1.165, 1.54) is 6.42 Å². The Kier molecular flexibility index (Phi) is 4.22. The fourth-order valence-corrected chi connectivity index (χ4v) is 1.74. The first-order valence-electron chi connectivity index (χ1n) is 5.06. The van der Waals surface area contributed by atoms with Gasteiger partial charge in [0.05, 0.1) is 6.67 Å². The predicted molar refractivity (Wildman–Crippen MR) is 54.6 cm³/mol. The molecule has 0 aromatic carbocycles. The van der Waals surface area contributed by atoms with E-state index in [-0.39, 0.29) is 24.5 Å². The van der Waals surface area contributed by atoms with Crippen molar-refractivity contribution in [2.24, 2.45) is 11.7 Å². The summed E-state index contributed by atoms with van der Waals surface area (Å²) in [5, 5.41) is 12.2. The molecule has 0 radical (unpaired) electrons. The van der Waals surface area contributed by atoms with Crippen LogP contribution in [0.1, 0.15) is 32.1 Å². The molecule has 5 N–H and O–H groups in total. The minimum absolute atomic E-state index is 0.0819. The van der Waals surface area contributed by atoms with Crippen molar-refractivity contribution in [3.05, 3.63) is 0 Å². The number of amides is 1. The lowest BCUT2D eigenvalue weighted by Crippen LogP contribution is -2.42. The SMILES string of the molecule is N=C(N)NCNC(=O)C1CCCCC1. The highest BCUT2D eigenvalue weighted by atomic mass is 16.1. The third-order valence-electron chi connectivity index (χ3n) is 2.52. The normalized spacial score (nSPS) is 17.4. The number of hydrogen-bond acceptors (Lipinski definition) is 2. The van der Waals surface area contributed by atoms with Crippen LogP contribution in [0.25, 0.3) is 0 Å². The maximum absolute atomic E-state index is 11.5. The maximum atomic E-state index is 11.5. The second-order valence-electron chi connectivity index (χ2n) is 3.64. The molecule has 0 spiro atoms. The van der Waals surface area contributed by atoms with Crippen LogP contribution in [0.15, 0.2) is 0 Å². The highest BCUT2D eigenvalue weighted by molar-refractivity contribution is 5.79. The molecule has 80 valence electrons. The van der Waals surface area contributed by atoms with Crippen LogP contribution in [-0.2, 0) is 4.79 Å². The number of carbonyl (C=O) groups is 1. The number of hydrogen-bond donors (Lipinski definition) is 4. The van der Waals surface area contributed by atoms with Gasteiger partial charge < -0.3 is 16.4 Å². The van der Waals surface area contributed by atoms with E-state index in [4.69, 9.17) is 11.1 Å². The van der Waals surface area contributed by atoms with E-state index in [0.717, 1.165) is 25.7 Å². The van der Waals surface area contributed by atoms with Crippen molar-refractivity contribution in [1.82, 2.24) is 10.6 Å². The summed E-state index contributed by atoms with van der Waals surface area (Å²) in [6, 6.07) is 0. The number of guanidine groups is 1. The van der Waals surface area contributed by atoms with Gasteiger partial charge in [-0.15, -0.1) is 0 Å². The van der Waals surface area contributed by atoms with Gasteiger partial charge in [-0.3, -0.25) is 10.2 Å². The minimum Gasteiger partial charge on any atom is -0.370 e. The Hall–Kier alpha value is -1.26. The lowest BCUT2D eigenvalue weighted by Gasteiger charge is -2.20. The largest absolute Gasteiger partial charge is 0.370 e. The van der Waals surface area contributed by atoms with Crippen molar-refractivity contribution >= 4 is 11.9 Å². The first-order chi connectivity index (χ1) is 6.70. The molecule has 1 aliphatic rings. The summed E-state index contributed by atoms with van der Waals surface area (Å²) < 4.78 is 0. The van der Waals surface area contributed by atoms with Gasteiger partial charge in [-0.2, -0.15) is 0 Å². The van der Waals surface area contributed by atoms with E-state index in [1.54, 1.807) is 0 Å². The van der Waals surface area contributed by atoms with Crippen molar-refractivity contribution in [2.75, 3.05) is 6.67 Å². The molecule has 0 unspecified atom stereocenters. The van der Waals surface area contributed by atoms with Gasteiger partial charge in [-0.25, -0.2) is 0 Å². The Morgan fingerprint density at radius 1 is 1.29 bits per heavy atom. The Morgan fingerprint density at radius 2 is 1.93 bits per heavy atom.